The summed E-state index contributed by atoms with van der Waals surface area (Å²) >= 11 is 0. The van der Waals surface area contributed by atoms with Gasteiger partial charge in [0, 0.05) is 6.04 Å². The fourth-order valence-corrected chi connectivity index (χ4v) is 2.87. The highest BCUT2D eigenvalue weighted by atomic mass is 16.5. The van der Waals surface area contributed by atoms with E-state index in [4.69, 9.17) is 10.5 Å². The van der Waals surface area contributed by atoms with E-state index < -0.39 is 0 Å². The van der Waals surface area contributed by atoms with Crippen LogP contribution in [-0.4, -0.2) is 30.1 Å². The van der Waals surface area contributed by atoms with Crippen LogP contribution in [0, 0.1) is 0 Å². The minimum Gasteiger partial charge on any atom is -0.494 e. The Morgan fingerprint density at radius 2 is 2.05 bits per heavy atom. The van der Waals surface area contributed by atoms with Crippen molar-refractivity contribution < 1.29 is 4.74 Å². The Labute approximate surface area is 114 Å². The van der Waals surface area contributed by atoms with Gasteiger partial charge in [0.15, 0.2) is 5.96 Å². The van der Waals surface area contributed by atoms with Crippen LogP contribution < -0.4 is 10.5 Å². The molecule has 1 atom stereocenters. The molecule has 1 unspecified atom stereocenters. The van der Waals surface area contributed by atoms with E-state index in [1.165, 1.54) is 18.4 Å². The van der Waals surface area contributed by atoms with Gasteiger partial charge < -0.3 is 15.4 Å². The zero-order valence-electron chi connectivity index (χ0n) is 11.6. The Morgan fingerprint density at radius 3 is 2.63 bits per heavy atom. The van der Waals surface area contributed by atoms with Crippen LogP contribution in [0.15, 0.2) is 29.3 Å². The molecule has 0 bridgehead atoms. The lowest BCUT2D eigenvalue weighted by molar-refractivity contribution is 0.216. The summed E-state index contributed by atoms with van der Waals surface area (Å²) in [7, 11) is 0. The van der Waals surface area contributed by atoms with Crippen molar-refractivity contribution in [1.29, 1.82) is 0 Å². The zero-order chi connectivity index (χ0) is 13.5. The summed E-state index contributed by atoms with van der Waals surface area (Å²) in [6, 6.07) is 8.90. The van der Waals surface area contributed by atoms with Crippen LogP contribution in [0.2, 0.25) is 0 Å². The molecule has 0 amide bonds. The molecule has 1 heterocycles. The third-order valence-corrected chi connectivity index (χ3v) is 4.03. The fraction of sp³-hybridized carbons (Fsp3) is 0.533. The van der Waals surface area contributed by atoms with Crippen LogP contribution >= 0.6 is 0 Å². The molecule has 0 saturated heterocycles. The molecule has 2 N–H and O–H groups in total. The van der Waals surface area contributed by atoms with Crippen molar-refractivity contribution in [3.05, 3.63) is 29.8 Å². The number of hydrogen-bond acceptors (Lipinski definition) is 4. The lowest BCUT2D eigenvalue weighted by Gasteiger charge is -2.37. The summed E-state index contributed by atoms with van der Waals surface area (Å²) in [6.45, 7) is 5.66. The monoisotopic (exact) mass is 259 g/mol. The number of rotatable bonds is 4. The number of guanidine groups is 1. The minimum absolute atomic E-state index is 0.101. The molecule has 4 nitrogen and oxygen atoms in total. The highest BCUT2D eigenvalue weighted by Gasteiger charge is 2.46. The maximum absolute atomic E-state index is 6.06. The number of benzene rings is 1. The van der Waals surface area contributed by atoms with Gasteiger partial charge in [-0.3, -0.25) is 4.99 Å². The first-order valence-electron chi connectivity index (χ1n) is 6.98. The van der Waals surface area contributed by atoms with Crippen molar-refractivity contribution in [3.8, 4) is 5.75 Å². The Kier molecular flexibility index (Phi) is 2.88. The Balaban J connectivity index is 1.87. The second kappa shape index (κ2) is 4.44. The average molecular weight is 259 g/mol. The van der Waals surface area contributed by atoms with E-state index in [9.17, 15) is 0 Å². The lowest BCUT2D eigenvalue weighted by atomic mass is 9.91. The van der Waals surface area contributed by atoms with Crippen LogP contribution in [0.1, 0.15) is 32.3 Å². The van der Waals surface area contributed by atoms with Gasteiger partial charge >= 0.3 is 0 Å². The van der Waals surface area contributed by atoms with Crippen molar-refractivity contribution in [1.82, 2.24) is 4.90 Å². The minimum atomic E-state index is -0.101. The lowest BCUT2D eigenvalue weighted by Crippen LogP contribution is -2.48. The van der Waals surface area contributed by atoms with Crippen LogP contribution in [0.4, 0.5) is 0 Å². The molecule has 1 aromatic carbocycles. The smallest absolute Gasteiger partial charge is 0.192 e. The zero-order valence-corrected chi connectivity index (χ0v) is 11.6. The second-order valence-electron chi connectivity index (χ2n) is 5.51. The van der Waals surface area contributed by atoms with Gasteiger partial charge in [-0.25, -0.2) is 0 Å². The first-order chi connectivity index (χ1) is 9.15. The van der Waals surface area contributed by atoms with E-state index in [0.29, 0.717) is 18.6 Å². The van der Waals surface area contributed by atoms with Crippen LogP contribution in [0.5, 0.6) is 5.75 Å². The molecule has 1 fully saturated rings. The molecule has 1 aromatic rings. The Morgan fingerprint density at radius 1 is 1.37 bits per heavy atom. The molecule has 3 rings (SSSR count). The number of ether oxygens (including phenoxy) is 1. The normalized spacial score (nSPS) is 26.4. The topological polar surface area (TPSA) is 50.9 Å². The molecule has 102 valence electrons. The van der Waals surface area contributed by atoms with Gasteiger partial charge in [-0.1, -0.05) is 12.1 Å². The molecule has 0 aromatic heterocycles. The quantitative estimate of drug-likeness (QED) is 0.900. The van der Waals surface area contributed by atoms with Crippen molar-refractivity contribution in [2.24, 2.45) is 10.7 Å². The number of aliphatic imine (C=N–C) groups is 1. The molecule has 1 saturated carbocycles. The Bertz CT molecular complexity index is 493. The predicted molar refractivity (Wildman–Crippen MR) is 76.3 cm³/mol. The van der Waals surface area contributed by atoms with Gasteiger partial charge in [-0.2, -0.15) is 0 Å². The number of nitrogens with zero attached hydrogens (tertiary/aromatic N) is 2. The Hall–Kier alpha value is -1.71. The van der Waals surface area contributed by atoms with Gasteiger partial charge in [0.05, 0.1) is 18.7 Å². The van der Waals surface area contributed by atoms with Crippen molar-refractivity contribution in [3.63, 3.8) is 0 Å². The predicted octanol–water partition coefficient (Wildman–Crippen LogP) is 2.09. The van der Waals surface area contributed by atoms with Gasteiger partial charge in [0.2, 0.25) is 0 Å². The second-order valence-corrected chi connectivity index (χ2v) is 5.51. The fourth-order valence-electron chi connectivity index (χ4n) is 2.87. The molecule has 0 radical (unpaired) electrons. The summed E-state index contributed by atoms with van der Waals surface area (Å²) in [6.07, 6.45) is 2.45. The number of hydrogen-bond donors (Lipinski definition) is 1. The van der Waals surface area contributed by atoms with Gasteiger partial charge in [-0.15, -0.1) is 0 Å². The van der Waals surface area contributed by atoms with Gasteiger partial charge in [0.1, 0.15) is 5.75 Å². The molecule has 0 spiro atoms. The van der Waals surface area contributed by atoms with Crippen molar-refractivity contribution in [2.75, 3.05) is 13.2 Å². The van der Waals surface area contributed by atoms with E-state index in [1.54, 1.807) is 0 Å². The first-order valence-corrected chi connectivity index (χ1v) is 6.98. The van der Waals surface area contributed by atoms with Crippen LogP contribution in [0.25, 0.3) is 0 Å². The molecule has 1 aliphatic carbocycles. The van der Waals surface area contributed by atoms with Gasteiger partial charge in [-0.05, 0) is 44.4 Å². The molecule has 1 aliphatic heterocycles. The van der Waals surface area contributed by atoms with E-state index in [0.717, 1.165) is 12.3 Å². The molecule has 19 heavy (non-hydrogen) atoms. The third kappa shape index (κ3) is 2.05. The van der Waals surface area contributed by atoms with Gasteiger partial charge in [0.25, 0.3) is 0 Å². The van der Waals surface area contributed by atoms with E-state index in [2.05, 4.69) is 28.9 Å². The maximum Gasteiger partial charge on any atom is 0.192 e. The summed E-state index contributed by atoms with van der Waals surface area (Å²) in [5.41, 5.74) is 7.22. The van der Waals surface area contributed by atoms with E-state index in [1.807, 2.05) is 19.1 Å². The largest absolute Gasteiger partial charge is 0.494 e. The van der Waals surface area contributed by atoms with Crippen LogP contribution in [0.3, 0.4) is 0 Å². The molecular weight excluding hydrogens is 238 g/mol. The molecule has 2 aliphatic rings. The standard InChI is InChI=1S/C15H21N3O/c1-3-19-13-8-4-11(5-9-13)15(2)10-17-14(16)18(15)12-6-7-12/h4-5,8-9,12H,3,6-7,10H2,1-2H3,(H2,16,17). The van der Waals surface area contributed by atoms with Crippen molar-refractivity contribution in [2.45, 2.75) is 38.3 Å². The molecular formula is C15H21N3O. The molecule has 4 heteroatoms. The summed E-state index contributed by atoms with van der Waals surface area (Å²) in [5.74, 6) is 1.61. The van der Waals surface area contributed by atoms with Crippen LogP contribution in [-0.2, 0) is 5.54 Å². The third-order valence-electron chi connectivity index (χ3n) is 4.03. The maximum atomic E-state index is 6.06. The highest BCUT2D eigenvalue weighted by molar-refractivity contribution is 5.82. The SMILES string of the molecule is CCOc1ccc(C2(C)CN=C(N)N2C2CC2)cc1. The van der Waals surface area contributed by atoms with Crippen molar-refractivity contribution >= 4 is 5.96 Å². The number of nitrogens with two attached hydrogens (primary N) is 1. The summed E-state index contributed by atoms with van der Waals surface area (Å²) in [5, 5.41) is 0. The van der Waals surface area contributed by atoms with E-state index in [-0.39, 0.29) is 5.54 Å². The highest BCUT2D eigenvalue weighted by Crippen LogP contribution is 2.41. The average Bonchev–Trinajstić information content (AvgIpc) is 3.18. The summed E-state index contributed by atoms with van der Waals surface area (Å²) in [4.78, 5) is 6.75. The first kappa shape index (κ1) is 12.3. The summed E-state index contributed by atoms with van der Waals surface area (Å²) < 4.78 is 5.50. The van der Waals surface area contributed by atoms with E-state index >= 15 is 0 Å².